The minimum atomic E-state index is -3.70. The number of nitrogens with zero attached hydrogens (tertiary/aromatic N) is 2. The van der Waals surface area contributed by atoms with Crippen molar-refractivity contribution >= 4 is 27.3 Å². The molecule has 9 heteroatoms. The lowest BCUT2D eigenvalue weighted by Crippen LogP contribution is -2.29. The van der Waals surface area contributed by atoms with Crippen molar-refractivity contribution < 1.29 is 13.2 Å². The van der Waals surface area contributed by atoms with Crippen LogP contribution < -0.4 is 10.5 Å². The summed E-state index contributed by atoms with van der Waals surface area (Å²) >= 11 is 1.55. The minimum Gasteiger partial charge on any atom is -0.354 e. The molecule has 0 radical (unpaired) electrons. The number of carbonyl (C=O) groups is 1. The Balaban J connectivity index is 1.35. The molecule has 33 heavy (non-hydrogen) atoms. The van der Waals surface area contributed by atoms with E-state index in [1.165, 1.54) is 17.7 Å². The number of aromatic nitrogens is 2. The van der Waals surface area contributed by atoms with Crippen molar-refractivity contribution in [1.82, 2.24) is 14.9 Å². The van der Waals surface area contributed by atoms with Crippen molar-refractivity contribution in [2.75, 3.05) is 6.54 Å². The quantitative estimate of drug-likeness (QED) is 0.402. The Bertz CT molecular complexity index is 1360. The molecule has 7 nitrogen and oxygen atoms in total. The highest BCUT2D eigenvalue weighted by atomic mass is 32.2. The molecule has 0 saturated heterocycles. The molecule has 0 bridgehead atoms. The maximum Gasteiger partial charge on any atom is 0.239 e. The molecule has 0 fully saturated rings. The average molecular weight is 481 g/mol. The van der Waals surface area contributed by atoms with Gasteiger partial charge in [0.25, 0.3) is 0 Å². The molecule has 2 aromatic carbocycles. The van der Waals surface area contributed by atoms with E-state index in [4.69, 9.17) is 10.1 Å². The zero-order chi connectivity index (χ0) is 23.4. The lowest BCUT2D eigenvalue weighted by atomic mass is 10.1. The van der Waals surface area contributed by atoms with Crippen LogP contribution in [0.4, 0.5) is 0 Å². The lowest BCUT2D eigenvalue weighted by molar-refractivity contribution is -0.121. The van der Waals surface area contributed by atoms with Gasteiger partial charge in [-0.3, -0.25) is 4.79 Å². The predicted molar refractivity (Wildman–Crippen MR) is 130 cm³/mol. The Hall–Kier alpha value is -3.27. The number of primary sulfonamides is 1. The average Bonchev–Trinajstić information content (AvgIpc) is 3.43. The van der Waals surface area contributed by atoms with Gasteiger partial charge in [0.15, 0.2) is 0 Å². The van der Waals surface area contributed by atoms with Gasteiger partial charge < -0.3 is 9.88 Å². The van der Waals surface area contributed by atoms with Crippen LogP contribution >= 0.6 is 11.3 Å². The molecule has 2 heterocycles. The summed E-state index contributed by atoms with van der Waals surface area (Å²) in [6.45, 7) is 2.68. The van der Waals surface area contributed by atoms with E-state index < -0.39 is 10.0 Å². The van der Waals surface area contributed by atoms with Crippen LogP contribution in [-0.4, -0.2) is 30.4 Å². The van der Waals surface area contributed by atoms with Gasteiger partial charge in [-0.05, 0) is 43.2 Å². The van der Waals surface area contributed by atoms with Crippen LogP contribution in [0.1, 0.15) is 11.1 Å². The number of carbonyl (C=O) groups excluding carboxylic acids is 1. The Morgan fingerprint density at radius 3 is 2.52 bits per heavy atom. The SMILES string of the molecule is Cc1ccc(-c2csc(-c3cccn3CC(=O)NCCc3ccc(S(N)(=O)=O)cc3)n2)cc1. The molecule has 2 aromatic heterocycles. The number of amides is 1. The second kappa shape index (κ2) is 9.70. The van der Waals surface area contributed by atoms with E-state index in [0.29, 0.717) is 13.0 Å². The predicted octanol–water partition coefficient (Wildman–Crippen LogP) is 3.59. The smallest absolute Gasteiger partial charge is 0.239 e. The molecule has 3 N–H and O–H groups in total. The summed E-state index contributed by atoms with van der Waals surface area (Å²) in [5.74, 6) is -0.107. The van der Waals surface area contributed by atoms with Crippen LogP contribution in [0.5, 0.6) is 0 Å². The molecule has 0 aliphatic rings. The standard InChI is InChI=1S/C24H24N4O3S2/c1-17-4-8-19(9-5-17)21-16-32-24(27-21)22-3-2-14-28(22)15-23(29)26-13-12-18-6-10-20(11-7-18)33(25,30)31/h2-11,14,16H,12-13,15H2,1H3,(H,26,29)(H2,25,30,31). The van der Waals surface area contributed by atoms with Crippen molar-refractivity contribution in [3.8, 4) is 22.0 Å². The van der Waals surface area contributed by atoms with Gasteiger partial charge in [0, 0.05) is 23.7 Å². The van der Waals surface area contributed by atoms with Gasteiger partial charge in [-0.15, -0.1) is 11.3 Å². The summed E-state index contributed by atoms with van der Waals surface area (Å²) in [5.41, 5.74) is 4.99. The number of nitrogens with two attached hydrogens (primary N) is 1. The maximum atomic E-state index is 12.5. The first kappa shape index (κ1) is 22.9. The second-order valence-electron chi connectivity index (χ2n) is 7.71. The van der Waals surface area contributed by atoms with Crippen LogP contribution in [0.25, 0.3) is 22.0 Å². The Morgan fingerprint density at radius 1 is 1.09 bits per heavy atom. The number of nitrogens with one attached hydrogen (secondary N) is 1. The summed E-state index contributed by atoms with van der Waals surface area (Å²) < 4.78 is 24.5. The zero-order valence-corrected chi connectivity index (χ0v) is 19.7. The van der Waals surface area contributed by atoms with E-state index in [1.807, 2.05) is 28.3 Å². The number of hydrogen-bond donors (Lipinski definition) is 2. The van der Waals surface area contributed by atoms with Gasteiger partial charge in [0.2, 0.25) is 15.9 Å². The Kier molecular flexibility index (Phi) is 6.73. The van der Waals surface area contributed by atoms with Crippen LogP contribution in [-0.2, 0) is 27.8 Å². The summed E-state index contributed by atoms with van der Waals surface area (Å²) in [7, 11) is -3.70. The third-order valence-corrected chi connectivity index (χ3v) is 7.00. The van der Waals surface area contributed by atoms with E-state index >= 15 is 0 Å². The summed E-state index contributed by atoms with van der Waals surface area (Å²) in [5, 5.41) is 10.9. The van der Waals surface area contributed by atoms with Gasteiger partial charge in [-0.1, -0.05) is 42.0 Å². The van der Waals surface area contributed by atoms with Crippen LogP contribution in [0.3, 0.4) is 0 Å². The molecule has 0 unspecified atom stereocenters. The van der Waals surface area contributed by atoms with E-state index in [1.54, 1.807) is 23.5 Å². The largest absolute Gasteiger partial charge is 0.354 e. The molecule has 4 rings (SSSR count). The van der Waals surface area contributed by atoms with Gasteiger partial charge in [-0.2, -0.15) is 0 Å². The second-order valence-corrected chi connectivity index (χ2v) is 10.1. The highest BCUT2D eigenvalue weighted by Crippen LogP contribution is 2.29. The molecule has 0 saturated carbocycles. The Morgan fingerprint density at radius 2 is 1.82 bits per heavy atom. The first-order valence-electron chi connectivity index (χ1n) is 10.4. The van der Waals surface area contributed by atoms with Crippen molar-refractivity contribution in [1.29, 1.82) is 0 Å². The van der Waals surface area contributed by atoms with E-state index in [2.05, 4.69) is 36.5 Å². The van der Waals surface area contributed by atoms with Crippen molar-refractivity contribution in [3.05, 3.63) is 83.4 Å². The van der Waals surface area contributed by atoms with Crippen molar-refractivity contribution in [2.24, 2.45) is 5.14 Å². The fourth-order valence-corrected chi connectivity index (χ4v) is 4.78. The molecular formula is C24H24N4O3S2. The topological polar surface area (TPSA) is 107 Å². The highest BCUT2D eigenvalue weighted by Gasteiger charge is 2.13. The van der Waals surface area contributed by atoms with Gasteiger partial charge >= 0.3 is 0 Å². The summed E-state index contributed by atoms with van der Waals surface area (Å²) in [6.07, 6.45) is 2.45. The van der Waals surface area contributed by atoms with Crippen molar-refractivity contribution in [2.45, 2.75) is 24.8 Å². The highest BCUT2D eigenvalue weighted by molar-refractivity contribution is 7.89. The number of rotatable bonds is 8. The molecule has 4 aromatic rings. The van der Waals surface area contributed by atoms with Crippen molar-refractivity contribution in [3.63, 3.8) is 0 Å². The molecule has 170 valence electrons. The number of sulfonamides is 1. The monoisotopic (exact) mass is 480 g/mol. The summed E-state index contributed by atoms with van der Waals surface area (Å²) in [6, 6.07) is 18.4. The lowest BCUT2D eigenvalue weighted by Gasteiger charge is -2.09. The normalized spacial score (nSPS) is 11.5. The molecular weight excluding hydrogens is 456 g/mol. The van der Waals surface area contributed by atoms with E-state index in [9.17, 15) is 13.2 Å². The van der Waals surface area contributed by atoms with Gasteiger partial charge in [0.05, 0.1) is 16.3 Å². The first-order chi connectivity index (χ1) is 15.8. The Labute approximate surface area is 197 Å². The summed E-state index contributed by atoms with van der Waals surface area (Å²) in [4.78, 5) is 17.3. The minimum absolute atomic E-state index is 0.0724. The van der Waals surface area contributed by atoms with E-state index in [-0.39, 0.29) is 17.3 Å². The number of hydrogen-bond acceptors (Lipinski definition) is 5. The molecule has 0 atom stereocenters. The fourth-order valence-electron chi connectivity index (χ4n) is 3.40. The van der Waals surface area contributed by atoms with E-state index in [0.717, 1.165) is 27.5 Å². The number of benzene rings is 2. The number of aryl methyl sites for hydroxylation is 1. The fraction of sp³-hybridized carbons (Fsp3) is 0.167. The van der Waals surface area contributed by atoms with Gasteiger partial charge in [-0.25, -0.2) is 18.5 Å². The molecule has 0 aliphatic heterocycles. The molecule has 0 aliphatic carbocycles. The molecule has 0 spiro atoms. The maximum absolute atomic E-state index is 12.5. The zero-order valence-electron chi connectivity index (χ0n) is 18.1. The third kappa shape index (κ3) is 5.75. The molecule has 1 amide bonds. The van der Waals surface area contributed by atoms with Crippen LogP contribution in [0.2, 0.25) is 0 Å². The number of thiazole rings is 1. The van der Waals surface area contributed by atoms with Crippen LogP contribution in [0, 0.1) is 6.92 Å². The first-order valence-corrected chi connectivity index (χ1v) is 12.8. The van der Waals surface area contributed by atoms with Gasteiger partial charge in [0.1, 0.15) is 11.6 Å². The van der Waals surface area contributed by atoms with Crippen LogP contribution in [0.15, 0.2) is 77.1 Å². The third-order valence-electron chi connectivity index (χ3n) is 5.20.